The van der Waals surface area contributed by atoms with Gasteiger partial charge in [0.05, 0.1) is 31.0 Å². The van der Waals surface area contributed by atoms with E-state index in [1.54, 1.807) is 26.3 Å². The van der Waals surface area contributed by atoms with E-state index >= 15 is 0 Å². The molecule has 3 aromatic heterocycles. The highest BCUT2D eigenvalue weighted by atomic mass is 16.5. The van der Waals surface area contributed by atoms with Crippen LogP contribution in [0.1, 0.15) is 41.9 Å². The van der Waals surface area contributed by atoms with Gasteiger partial charge in [0.1, 0.15) is 23.3 Å². The molecular formula is C19H23N5O4. The quantitative estimate of drug-likeness (QED) is 0.669. The Morgan fingerprint density at radius 2 is 2.25 bits per heavy atom. The molecule has 0 aromatic carbocycles. The number of aryl methyl sites for hydroxylation is 1. The van der Waals surface area contributed by atoms with Gasteiger partial charge in [0.2, 0.25) is 5.71 Å². The van der Waals surface area contributed by atoms with Crippen LogP contribution in [-0.2, 0) is 11.3 Å². The lowest BCUT2D eigenvalue weighted by atomic mass is 10.1. The van der Waals surface area contributed by atoms with Crippen molar-refractivity contribution in [3.63, 3.8) is 0 Å². The molecule has 0 bridgehead atoms. The topological polar surface area (TPSA) is 104 Å². The van der Waals surface area contributed by atoms with E-state index in [0.29, 0.717) is 30.6 Å². The summed E-state index contributed by atoms with van der Waals surface area (Å²) in [6.45, 7) is 4.45. The maximum absolute atomic E-state index is 13.0. The van der Waals surface area contributed by atoms with Crippen molar-refractivity contribution in [1.29, 1.82) is 0 Å². The normalized spacial score (nSPS) is 15.1. The number of carbonyl (C=O) groups is 1. The summed E-state index contributed by atoms with van der Waals surface area (Å²) in [6.07, 6.45) is 5.41. The van der Waals surface area contributed by atoms with E-state index in [-0.39, 0.29) is 28.3 Å². The Morgan fingerprint density at radius 1 is 1.46 bits per heavy atom. The Balaban J connectivity index is 1.69. The average Bonchev–Trinajstić information content (AvgIpc) is 3.33. The standard InChI is InChI=1S/C19H23N5O4/c1-11(13-4-5-13)24-14(6-7-21-24)22-17(25)15-12(2)28-18-16(15)19(26)23(10-20-18)8-9-27-3/h6-7,10-11,13H,4-5,8-9H2,1-3H3,(H,22,25). The summed E-state index contributed by atoms with van der Waals surface area (Å²) in [7, 11) is 1.56. The van der Waals surface area contributed by atoms with Crippen LogP contribution in [0.15, 0.2) is 27.8 Å². The van der Waals surface area contributed by atoms with Gasteiger partial charge in [-0.1, -0.05) is 0 Å². The minimum atomic E-state index is -0.413. The van der Waals surface area contributed by atoms with Gasteiger partial charge in [-0.05, 0) is 32.6 Å². The molecule has 0 aliphatic heterocycles. The lowest BCUT2D eigenvalue weighted by Gasteiger charge is -2.15. The summed E-state index contributed by atoms with van der Waals surface area (Å²) >= 11 is 0. The van der Waals surface area contributed by atoms with Gasteiger partial charge in [-0.3, -0.25) is 14.2 Å². The second-order valence-electron chi connectivity index (χ2n) is 7.14. The smallest absolute Gasteiger partial charge is 0.265 e. The van der Waals surface area contributed by atoms with Crippen molar-refractivity contribution in [1.82, 2.24) is 19.3 Å². The fraction of sp³-hybridized carbons (Fsp3) is 0.474. The SMILES string of the molecule is COCCn1cnc2oc(C)c(C(=O)Nc3ccnn3C(C)C3CC3)c2c1=O. The first kappa shape index (κ1) is 18.4. The predicted octanol–water partition coefficient (Wildman–Crippen LogP) is 2.36. The molecule has 1 unspecified atom stereocenters. The molecule has 0 radical (unpaired) electrons. The largest absolute Gasteiger partial charge is 0.442 e. The van der Waals surface area contributed by atoms with Crippen molar-refractivity contribution in [2.45, 2.75) is 39.3 Å². The van der Waals surface area contributed by atoms with Crippen LogP contribution in [0.2, 0.25) is 0 Å². The molecule has 1 aliphatic rings. The first-order valence-corrected chi connectivity index (χ1v) is 9.33. The molecule has 3 aromatic rings. The Hall–Kier alpha value is -2.94. The van der Waals surface area contributed by atoms with E-state index in [1.165, 1.54) is 23.7 Å². The molecule has 1 atom stereocenters. The molecular weight excluding hydrogens is 362 g/mol. The average molecular weight is 385 g/mol. The third-order valence-electron chi connectivity index (χ3n) is 5.22. The van der Waals surface area contributed by atoms with Gasteiger partial charge >= 0.3 is 0 Å². The van der Waals surface area contributed by atoms with Crippen LogP contribution in [0.5, 0.6) is 0 Å². The van der Waals surface area contributed by atoms with E-state index in [1.807, 2.05) is 4.68 Å². The van der Waals surface area contributed by atoms with Crippen molar-refractivity contribution in [3.05, 3.63) is 40.3 Å². The number of methoxy groups -OCH3 is 1. The number of furan rings is 1. The molecule has 1 saturated carbocycles. The molecule has 4 rings (SSSR count). The zero-order valence-electron chi connectivity index (χ0n) is 16.1. The monoisotopic (exact) mass is 385 g/mol. The van der Waals surface area contributed by atoms with Gasteiger partial charge in [0.15, 0.2) is 0 Å². The van der Waals surface area contributed by atoms with E-state index in [0.717, 1.165) is 0 Å². The number of hydrogen-bond donors (Lipinski definition) is 1. The fourth-order valence-corrected chi connectivity index (χ4v) is 3.45. The van der Waals surface area contributed by atoms with Gasteiger partial charge in [-0.15, -0.1) is 0 Å². The lowest BCUT2D eigenvalue weighted by molar-refractivity contribution is 0.102. The zero-order chi connectivity index (χ0) is 19.8. The molecule has 1 fully saturated rings. The number of ether oxygens (including phenoxy) is 1. The van der Waals surface area contributed by atoms with E-state index in [9.17, 15) is 9.59 Å². The molecule has 28 heavy (non-hydrogen) atoms. The van der Waals surface area contributed by atoms with E-state index in [2.05, 4.69) is 22.3 Å². The molecule has 9 heteroatoms. The number of aromatic nitrogens is 4. The van der Waals surface area contributed by atoms with Gasteiger partial charge in [0.25, 0.3) is 11.5 Å². The molecule has 148 valence electrons. The Bertz CT molecular complexity index is 1080. The molecule has 9 nitrogen and oxygen atoms in total. The van der Waals surface area contributed by atoms with Crippen molar-refractivity contribution in [3.8, 4) is 0 Å². The third-order valence-corrected chi connectivity index (χ3v) is 5.22. The van der Waals surface area contributed by atoms with Crippen molar-refractivity contribution in [2.75, 3.05) is 19.0 Å². The van der Waals surface area contributed by atoms with E-state index < -0.39 is 5.91 Å². The molecule has 0 spiro atoms. The first-order valence-electron chi connectivity index (χ1n) is 9.33. The maximum atomic E-state index is 13.0. The van der Waals surface area contributed by atoms with Gasteiger partial charge in [-0.2, -0.15) is 5.10 Å². The number of amides is 1. The molecule has 3 heterocycles. The highest BCUT2D eigenvalue weighted by Gasteiger charge is 2.31. The summed E-state index contributed by atoms with van der Waals surface area (Å²) in [5.41, 5.74) is 0.0242. The number of nitrogens with one attached hydrogen (secondary N) is 1. The predicted molar refractivity (Wildman–Crippen MR) is 102 cm³/mol. The van der Waals surface area contributed by atoms with Crippen LogP contribution < -0.4 is 10.9 Å². The van der Waals surface area contributed by atoms with Gasteiger partial charge in [-0.25, -0.2) is 9.67 Å². The summed E-state index contributed by atoms with van der Waals surface area (Å²) in [4.78, 5) is 30.1. The lowest BCUT2D eigenvalue weighted by Crippen LogP contribution is -2.25. The van der Waals surface area contributed by atoms with Gasteiger partial charge in [0, 0.05) is 13.2 Å². The highest BCUT2D eigenvalue weighted by molar-refractivity contribution is 6.12. The number of carbonyl (C=O) groups excluding carboxylic acids is 1. The molecule has 1 amide bonds. The second-order valence-corrected chi connectivity index (χ2v) is 7.14. The maximum Gasteiger partial charge on any atom is 0.265 e. The molecule has 1 aliphatic carbocycles. The summed E-state index contributed by atoms with van der Waals surface area (Å²) < 4.78 is 13.8. The van der Waals surface area contributed by atoms with Crippen LogP contribution in [-0.4, -0.2) is 39.0 Å². The Labute approximate surface area is 161 Å². The van der Waals surface area contributed by atoms with Crippen molar-refractivity contribution in [2.24, 2.45) is 5.92 Å². The summed E-state index contributed by atoms with van der Waals surface area (Å²) in [5, 5.41) is 7.40. The van der Waals surface area contributed by atoms with Crippen LogP contribution in [0.3, 0.4) is 0 Å². The third kappa shape index (κ3) is 3.22. The summed E-state index contributed by atoms with van der Waals surface area (Å²) in [5.74, 6) is 1.12. The van der Waals surface area contributed by atoms with Crippen LogP contribution in [0, 0.1) is 12.8 Å². The number of hydrogen-bond acceptors (Lipinski definition) is 6. The fourth-order valence-electron chi connectivity index (χ4n) is 3.45. The Morgan fingerprint density at radius 3 is 2.96 bits per heavy atom. The van der Waals surface area contributed by atoms with Crippen molar-refractivity contribution < 1.29 is 13.9 Å². The number of anilines is 1. The number of rotatable bonds is 7. The second kappa shape index (κ2) is 7.23. The Kier molecular flexibility index (Phi) is 4.76. The summed E-state index contributed by atoms with van der Waals surface area (Å²) in [6, 6.07) is 1.96. The molecule has 1 N–H and O–H groups in total. The minimum Gasteiger partial charge on any atom is -0.442 e. The highest BCUT2D eigenvalue weighted by Crippen LogP contribution is 2.40. The zero-order valence-corrected chi connectivity index (χ0v) is 16.1. The number of nitrogens with zero attached hydrogens (tertiary/aromatic N) is 4. The molecule has 0 saturated heterocycles. The van der Waals surface area contributed by atoms with Crippen LogP contribution in [0.25, 0.3) is 11.1 Å². The van der Waals surface area contributed by atoms with Gasteiger partial charge < -0.3 is 14.5 Å². The number of fused-ring (bicyclic) bond motifs is 1. The van der Waals surface area contributed by atoms with Crippen LogP contribution in [0.4, 0.5) is 5.82 Å². The van der Waals surface area contributed by atoms with E-state index in [4.69, 9.17) is 9.15 Å². The van der Waals surface area contributed by atoms with Crippen LogP contribution >= 0.6 is 0 Å². The minimum absolute atomic E-state index is 0.154. The van der Waals surface area contributed by atoms with Crippen molar-refractivity contribution >= 4 is 22.8 Å². The first-order chi connectivity index (χ1) is 13.5.